The van der Waals surface area contributed by atoms with Crippen molar-refractivity contribution in [3.63, 3.8) is 0 Å². The van der Waals surface area contributed by atoms with Gasteiger partial charge in [0.25, 0.3) is 11.8 Å². The number of benzene rings is 2. The molecule has 5 rings (SSSR count). The number of anilines is 3. The highest BCUT2D eigenvalue weighted by atomic mass is 32.1. The minimum atomic E-state index is -0.338. The Labute approximate surface area is 197 Å². The number of imide groups is 1. The summed E-state index contributed by atoms with van der Waals surface area (Å²) in [6.07, 6.45) is 0. The highest BCUT2D eigenvalue weighted by Crippen LogP contribution is 2.35. The van der Waals surface area contributed by atoms with E-state index in [1.54, 1.807) is 0 Å². The topological polar surface area (TPSA) is 55.9 Å². The molecule has 0 aliphatic carbocycles. The third-order valence-corrected chi connectivity index (χ3v) is 7.04. The van der Waals surface area contributed by atoms with E-state index in [1.165, 1.54) is 16.2 Å². The molecule has 0 bridgehead atoms. The van der Waals surface area contributed by atoms with Crippen molar-refractivity contribution in [1.82, 2.24) is 4.90 Å². The van der Waals surface area contributed by atoms with Crippen LogP contribution in [-0.4, -0.2) is 49.9 Å². The van der Waals surface area contributed by atoms with E-state index in [-0.39, 0.29) is 11.8 Å². The molecule has 0 atom stereocenters. The Morgan fingerprint density at radius 3 is 2.12 bits per heavy atom. The molecule has 1 aromatic heterocycles. The van der Waals surface area contributed by atoms with Crippen molar-refractivity contribution in [2.45, 2.75) is 6.92 Å². The van der Waals surface area contributed by atoms with Gasteiger partial charge in [-0.1, -0.05) is 23.8 Å². The van der Waals surface area contributed by atoms with E-state index in [9.17, 15) is 9.59 Å². The molecule has 2 aliphatic heterocycles. The van der Waals surface area contributed by atoms with Gasteiger partial charge < -0.3 is 15.1 Å². The van der Waals surface area contributed by atoms with Gasteiger partial charge in [-0.3, -0.25) is 9.59 Å². The summed E-state index contributed by atoms with van der Waals surface area (Å²) in [6.45, 7) is 6.06. The van der Waals surface area contributed by atoms with Crippen LogP contribution in [-0.2, 0) is 9.59 Å². The van der Waals surface area contributed by atoms with Crippen LogP contribution in [0, 0.1) is 6.92 Å². The van der Waals surface area contributed by atoms with E-state index in [0.717, 1.165) is 48.0 Å². The Balaban J connectivity index is 1.44. The number of hydrogen-bond donors (Lipinski definition) is 1. The number of aryl methyl sites for hydroxylation is 1. The Morgan fingerprint density at radius 1 is 0.818 bits per heavy atom. The number of likely N-dealkylation sites (N-methyl/N-ethyl adjacent to an activating group) is 1. The zero-order valence-electron chi connectivity index (χ0n) is 18.7. The fraction of sp³-hybridized carbons (Fsp3) is 0.231. The van der Waals surface area contributed by atoms with Crippen LogP contribution in [0.15, 0.2) is 71.7 Å². The lowest BCUT2D eigenvalue weighted by Crippen LogP contribution is -2.44. The fourth-order valence-corrected chi connectivity index (χ4v) is 4.96. The molecule has 168 valence electrons. The highest BCUT2D eigenvalue weighted by Gasteiger charge is 2.40. The molecule has 1 fully saturated rings. The molecule has 7 heteroatoms. The average molecular weight is 459 g/mol. The third-order valence-electron chi connectivity index (χ3n) is 6.15. The van der Waals surface area contributed by atoms with E-state index in [1.807, 2.05) is 60.8 Å². The Bertz CT molecular complexity index is 1190. The number of carbonyl (C=O) groups excluding carboxylic acids is 2. The van der Waals surface area contributed by atoms with Gasteiger partial charge in [0, 0.05) is 42.4 Å². The first-order valence-corrected chi connectivity index (χ1v) is 11.9. The smallest absolute Gasteiger partial charge is 0.282 e. The molecular weight excluding hydrogens is 432 g/mol. The number of nitrogens with zero attached hydrogens (tertiary/aromatic N) is 3. The summed E-state index contributed by atoms with van der Waals surface area (Å²) >= 11 is 1.45. The van der Waals surface area contributed by atoms with Gasteiger partial charge in [-0.25, -0.2) is 4.90 Å². The van der Waals surface area contributed by atoms with Gasteiger partial charge in [0.2, 0.25) is 0 Å². The molecule has 3 heterocycles. The largest absolute Gasteiger partial charge is 0.369 e. The Kier molecular flexibility index (Phi) is 5.74. The van der Waals surface area contributed by atoms with Crippen LogP contribution in [0.1, 0.15) is 10.4 Å². The third kappa shape index (κ3) is 4.17. The Morgan fingerprint density at radius 2 is 1.48 bits per heavy atom. The molecule has 2 amide bonds. The van der Waals surface area contributed by atoms with Crippen molar-refractivity contribution in [3.05, 3.63) is 82.2 Å². The molecule has 6 nitrogen and oxygen atoms in total. The summed E-state index contributed by atoms with van der Waals surface area (Å²) in [5, 5.41) is 5.17. The molecule has 0 spiro atoms. The number of nitrogens with one attached hydrogen (secondary N) is 1. The number of hydrogen-bond acceptors (Lipinski definition) is 6. The van der Waals surface area contributed by atoms with Crippen molar-refractivity contribution in [3.8, 4) is 0 Å². The van der Waals surface area contributed by atoms with E-state index >= 15 is 0 Å². The lowest BCUT2D eigenvalue weighted by atomic mass is 10.1. The van der Waals surface area contributed by atoms with Crippen molar-refractivity contribution in [2.75, 3.05) is 48.3 Å². The lowest BCUT2D eigenvalue weighted by molar-refractivity contribution is -0.120. The highest BCUT2D eigenvalue weighted by molar-refractivity contribution is 7.11. The zero-order chi connectivity index (χ0) is 22.9. The summed E-state index contributed by atoms with van der Waals surface area (Å²) in [5.41, 5.74) is 4.32. The summed E-state index contributed by atoms with van der Waals surface area (Å²) in [7, 11) is 2.14. The first kappa shape index (κ1) is 21.4. The standard InChI is InChI=1S/C26H26N4O2S/c1-18-5-9-21(10-6-18)30-25(31)23(22-4-3-17-33-22)24(26(30)32)27-19-7-11-20(12-8-19)29-15-13-28(2)14-16-29/h3-12,17,27H,13-16H2,1-2H3. The van der Waals surface area contributed by atoms with Gasteiger partial charge in [-0.05, 0) is 61.8 Å². The zero-order valence-corrected chi connectivity index (χ0v) is 19.6. The second-order valence-electron chi connectivity index (χ2n) is 8.47. The van der Waals surface area contributed by atoms with Crippen LogP contribution >= 0.6 is 11.3 Å². The van der Waals surface area contributed by atoms with E-state index < -0.39 is 0 Å². The maximum absolute atomic E-state index is 13.4. The van der Waals surface area contributed by atoms with E-state index in [2.05, 4.69) is 34.3 Å². The van der Waals surface area contributed by atoms with Gasteiger partial charge >= 0.3 is 0 Å². The van der Waals surface area contributed by atoms with Gasteiger partial charge in [-0.2, -0.15) is 0 Å². The van der Waals surface area contributed by atoms with Crippen molar-refractivity contribution >= 4 is 45.8 Å². The maximum atomic E-state index is 13.4. The molecule has 1 N–H and O–H groups in total. The van der Waals surface area contributed by atoms with Gasteiger partial charge in [0.05, 0.1) is 11.3 Å². The summed E-state index contributed by atoms with van der Waals surface area (Å²) in [5.74, 6) is -0.641. The van der Waals surface area contributed by atoms with Crippen LogP contribution in [0.4, 0.5) is 17.1 Å². The van der Waals surface area contributed by atoms with Crippen LogP contribution in [0.25, 0.3) is 5.57 Å². The predicted octanol–water partition coefficient (Wildman–Crippen LogP) is 4.20. The SMILES string of the molecule is Cc1ccc(N2C(=O)C(Nc3ccc(N4CCN(C)CC4)cc3)=C(c3cccs3)C2=O)cc1. The number of amides is 2. The second kappa shape index (κ2) is 8.84. The summed E-state index contributed by atoms with van der Waals surface area (Å²) < 4.78 is 0. The van der Waals surface area contributed by atoms with Crippen LogP contribution in [0.5, 0.6) is 0 Å². The lowest BCUT2D eigenvalue weighted by Gasteiger charge is -2.34. The van der Waals surface area contributed by atoms with E-state index in [4.69, 9.17) is 0 Å². The van der Waals surface area contributed by atoms with Crippen LogP contribution in [0.3, 0.4) is 0 Å². The van der Waals surface area contributed by atoms with Crippen molar-refractivity contribution in [1.29, 1.82) is 0 Å². The van der Waals surface area contributed by atoms with E-state index in [0.29, 0.717) is 17.0 Å². The number of carbonyl (C=O) groups is 2. The minimum Gasteiger partial charge on any atom is -0.369 e. The maximum Gasteiger partial charge on any atom is 0.282 e. The van der Waals surface area contributed by atoms with Gasteiger partial charge in [0.1, 0.15) is 5.70 Å². The molecule has 0 radical (unpaired) electrons. The number of piperazine rings is 1. The molecular formula is C26H26N4O2S. The average Bonchev–Trinajstić information content (AvgIpc) is 3.43. The molecule has 2 aromatic carbocycles. The van der Waals surface area contributed by atoms with Crippen molar-refractivity contribution < 1.29 is 9.59 Å². The summed E-state index contributed by atoms with van der Waals surface area (Å²) in [4.78, 5) is 33.6. The predicted molar refractivity (Wildman–Crippen MR) is 135 cm³/mol. The molecule has 3 aromatic rings. The fourth-order valence-electron chi connectivity index (χ4n) is 4.19. The molecule has 0 unspecified atom stereocenters. The van der Waals surface area contributed by atoms with Gasteiger partial charge in [-0.15, -0.1) is 11.3 Å². The molecule has 1 saturated heterocycles. The summed E-state index contributed by atoms with van der Waals surface area (Å²) in [6, 6.07) is 19.3. The second-order valence-corrected chi connectivity index (χ2v) is 9.42. The number of rotatable bonds is 5. The first-order chi connectivity index (χ1) is 16.0. The quantitative estimate of drug-likeness (QED) is 0.581. The Hall–Kier alpha value is -3.42. The minimum absolute atomic E-state index is 0.303. The molecule has 33 heavy (non-hydrogen) atoms. The monoisotopic (exact) mass is 458 g/mol. The normalized spacial score (nSPS) is 17.3. The van der Waals surface area contributed by atoms with Crippen LogP contribution in [0.2, 0.25) is 0 Å². The first-order valence-electron chi connectivity index (χ1n) is 11.1. The van der Waals surface area contributed by atoms with Crippen LogP contribution < -0.4 is 15.1 Å². The molecule has 0 saturated carbocycles. The number of thiophene rings is 1. The van der Waals surface area contributed by atoms with Gasteiger partial charge in [0.15, 0.2) is 0 Å². The molecule has 2 aliphatic rings. The van der Waals surface area contributed by atoms with Crippen molar-refractivity contribution in [2.24, 2.45) is 0 Å².